The Morgan fingerprint density at radius 3 is 3.07 bits per heavy atom. The number of hydrogen-bond acceptors (Lipinski definition) is 5. The SMILES string of the molecule is NC(=O)COCCn1cc(CO)nn1. The highest BCUT2D eigenvalue weighted by molar-refractivity contribution is 5.74. The van der Waals surface area contributed by atoms with E-state index in [1.165, 1.54) is 4.68 Å². The zero-order valence-corrected chi connectivity index (χ0v) is 7.59. The second-order valence-corrected chi connectivity index (χ2v) is 2.65. The molecule has 0 aliphatic rings. The molecule has 0 fully saturated rings. The van der Waals surface area contributed by atoms with Gasteiger partial charge in [-0.1, -0.05) is 5.21 Å². The molecule has 0 radical (unpaired) electrons. The van der Waals surface area contributed by atoms with Crippen LogP contribution in [0.3, 0.4) is 0 Å². The molecule has 3 N–H and O–H groups in total. The van der Waals surface area contributed by atoms with E-state index in [0.29, 0.717) is 18.8 Å². The van der Waals surface area contributed by atoms with E-state index < -0.39 is 5.91 Å². The molecular weight excluding hydrogens is 188 g/mol. The molecule has 1 heterocycles. The number of primary amides is 1. The fraction of sp³-hybridized carbons (Fsp3) is 0.571. The summed E-state index contributed by atoms with van der Waals surface area (Å²) in [6.07, 6.45) is 1.60. The summed E-state index contributed by atoms with van der Waals surface area (Å²) in [6.45, 7) is 0.571. The number of hydrogen-bond donors (Lipinski definition) is 2. The van der Waals surface area contributed by atoms with Crippen LogP contribution in [0, 0.1) is 0 Å². The summed E-state index contributed by atoms with van der Waals surface area (Å²) in [7, 11) is 0. The molecule has 0 aliphatic carbocycles. The summed E-state index contributed by atoms with van der Waals surface area (Å²) in [5.41, 5.74) is 5.37. The molecule has 0 bridgehead atoms. The van der Waals surface area contributed by atoms with Gasteiger partial charge in [0.1, 0.15) is 12.3 Å². The van der Waals surface area contributed by atoms with Gasteiger partial charge in [0.2, 0.25) is 5.91 Å². The van der Waals surface area contributed by atoms with Crippen LogP contribution in [0.4, 0.5) is 0 Å². The number of carbonyl (C=O) groups excluding carboxylic acids is 1. The number of rotatable bonds is 6. The van der Waals surface area contributed by atoms with Crippen molar-refractivity contribution in [3.05, 3.63) is 11.9 Å². The summed E-state index contributed by atoms with van der Waals surface area (Å²) < 4.78 is 6.44. The molecule has 7 heteroatoms. The van der Waals surface area contributed by atoms with Gasteiger partial charge >= 0.3 is 0 Å². The molecule has 1 aromatic rings. The zero-order valence-electron chi connectivity index (χ0n) is 7.59. The molecule has 0 atom stereocenters. The average Bonchev–Trinajstić information content (AvgIpc) is 2.60. The van der Waals surface area contributed by atoms with E-state index >= 15 is 0 Å². The molecule has 0 spiro atoms. The Morgan fingerprint density at radius 2 is 2.50 bits per heavy atom. The molecule has 14 heavy (non-hydrogen) atoms. The van der Waals surface area contributed by atoms with Gasteiger partial charge in [0, 0.05) is 0 Å². The molecule has 0 aliphatic heterocycles. The van der Waals surface area contributed by atoms with Crippen molar-refractivity contribution < 1.29 is 14.6 Å². The maximum absolute atomic E-state index is 10.3. The third-order valence-corrected chi connectivity index (χ3v) is 1.46. The van der Waals surface area contributed by atoms with Crippen LogP contribution in [0.5, 0.6) is 0 Å². The van der Waals surface area contributed by atoms with Gasteiger partial charge in [-0.25, -0.2) is 4.68 Å². The van der Waals surface area contributed by atoms with Gasteiger partial charge in [-0.2, -0.15) is 0 Å². The normalized spacial score (nSPS) is 10.4. The van der Waals surface area contributed by atoms with E-state index in [9.17, 15) is 4.79 Å². The third kappa shape index (κ3) is 3.50. The van der Waals surface area contributed by atoms with Crippen molar-refractivity contribution in [3.63, 3.8) is 0 Å². The van der Waals surface area contributed by atoms with E-state index in [0.717, 1.165) is 0 Å². The molecule has 1 amide bonds. The first-order valence-corrected chi connectivity index (χ1v) is 4.08. The number of aliphatic hydroxyl groups is 1. The summed E-state index contributed by atoms with van der Waals surface area (Å²) in [5.74, 6) is -0.500. The molecule has 1 rings (SSSR count). The summed E-state index contributed by atoms with van der Waals surface area (Å²) in [5, 5.41) is 16.1. The van der Waals surface area contributed by atoms with Gasteiger partial charge in [-0.3, -0.25) is 4.79 Å². The largest absolute Gasteiger partial charge is 0.390 e. The Balaban J connectivity index is 2.21. The molecule has 0 unspecified atom stereocenters. The quantitative estimate of drug-likeness (QED) is 0.531. The van der Waals surface area contributed by atoms with Crippen LogP contribution in [0.15, 0.2) is 6.20 Å². The standard InChI is InChI=1S/C7H12N4O3/c8-7(13)5-14-2-1-11-3-6(4-12)9-10-11/h3,12H,1-2,4-5H2,(H2,8,13). The predicted octanol–water partition coefficient (Wildman–Crippen LogP) is -1.73. The fourth-order valence-electron chi connectivity index (χ4n) is 0.851. The molecule has 7 nitrogen and oxygen atoms in total. The number of ether oxygens (including phenoxy) is 1. The Kier molecular flexibility index (Phi) is 4.02. The van der Waals surface area contributed by atoms with Crippen molar-refractivity contribution in [2.24, 2.45) is 5.73 Å². The van der Waals surface area contributed by atoms with E-state index in [2.05, 4.69) is 10.3 Å². The monoisotopic (exact) mass is 200 g/mol. The van der Waals surface area contributed by atoms with Crippen LogP contribution in [0.2, 0.25) is 0 Å². The number of nitrogens with zero attached hydrogens (tertiary/aromatic N) is 3. The average molecular weight is 200 g/mol. The lowest BCUT2D eigenvalue weighted by molar-refractivity contribution is -0.122. The van der Waals surface area contributed by atoms with E-state index in [4.69, 9.17) is 15.6 Å². The third-order valence-electron chi connectivity index (χ3n) is 1.46. The Bertz CT molecular complexity index is 299. The van der Waals surface area contributed by atoms with Crippen LogP contribution in [0.25, 0.3) is 0 Å². The highest BCUT2D eigenvalue weighted by Gasteiger charge is 1.99. The minimum Gasteiger partial charge on any atom is -0.390 e. The number of nitrogens with two attached hydrogens (primary N) is 1. The minimum atomic E-state index is -0.500. The van der Waals surface area contributed by atoms with Crippen LogP contribution in [-0.2, 0) is 22.7 Å². The number of carbonyl (C=O) groups is 1. The molecule has 0 saturated heterocycles. The van der Waals surface area contributed by atoms with Crippen LogP contribution < -0.4 is 5.73 Å². The maximum Gasteiger partial charge on any atom is 0.243 e. The Morgan fingerprint density at radius 1 is 1.71 bits per heavy atom. The van der Waals surface area contributed by atoms with Crippen LogP contribution in [0.1, 0.15) is 5.69 Å². The number of aliphatic hydroxyl groups excluding tert-OH is 1. The van der Waals surface area contributed by atoms with Gasteiger partial charge in [0.05, 0.1) is 26.0 Å². The van der Waals surface area contributed by atoms with Crippen molar-refractivity contribution >= 4 is 5.91 Å². The van der Waals surface area contributed by atoms with Crippen molar-refractivity contribution in [1.82, 2.24) is 15.0 Å². The first kappa shape index (κ1) is 10.6. The highest BCUT2D eigenvalue weighted by Crippen LogP contribution is 1.91. The van der Waals surface area contributed by atoms with E-state index in [1.807, 2.05) is 0 Å². The summed E-state index contributed by atoms with van der Waals surface area (Å²) in [4.78, 5) is 10.3. The Labute approximate surface area is 80.5 Å². The second-order valence-electron chi connectivity index (χ2n) is 2.65. The first-order valence-electron chi connectivity index (χ1n) is 4.08. The van der Waals surface area contributed by atoms with Crippen LogP contribution in [-0.4, -0.2) is 39.2 Å². The van der Waals surface area contributed by atoms with Gasteiger partial charge in [0.15, 0.2) is 0 Å². The second kappa shape index (κ2) is 5.30. The summed E-state index contributed by atoms with van der Waals surface area (Å²) in [6, 6.07) is 0. The van der Waals surface area contributed by atoms with Crippen molar-refractivity contribution in [1.29, 1.82) is 0 Å². The van der Waals surface area contributed by atoms with Crippen molar-refractivity contribution in [2.45, 2.75) is 13.2 Å². The molecule has 0 saturated carbocycles. The minimum absolute atomic E-state index is 0.0957. The van der Waals surface area contributed by atoms with E-state index in [-0.39, 0.29) is 13.2 Å². The first-order chi connectivity index (χ1) is 6.72. The van der Waals surface area contributed by atoms with Crippen molar-refractivity contribution in [3.8, 4) is 0 Å². The lowest BCUT2D eigenvalue weighted by Crippen LogP contribution is -2.19. The fourth-order valence-corrected chi connectivity index (χ4v) is 0.851. The van der Waals surface area contributed by atoms with E-state index in [1.54, 1.807) is 6.20 Å². The zero-order chi connectivity index (χ0) is 10.4. The molecule has 78 valence electrons. The molecule has 1 aromatic heterocycles. The number of amides is 1. The van der Waals surface area contributed by atoms with Gasteiger partial charge in [0.25, 0.3) is 0 Å². The van der Waals surface area contributed by atoms with Crippen LogP contribution >= 0.6 is 0 Å². The van der Waals surface area contributed by atoms with Gasteiger partial charge < -0.3 is 15.6 Å². The molecule has 0 aromatic carbocycles. The summed E-state index contributed by atoms with van der Waals surface area (Å²) >= 11 is 0. The lowest BCUT2D eigenvalue weighted by atomic mass is 10.5. The lowest BCUT2D eigenvalue weighted by Gasteiger charge is -2.00. The topological polar surface area (TPSA) is 103 Å². The van der Waals surface area contributed by atoms with Gasteiger partial charge in [-0.15, -0.1) is 5.10 Å². The predicted molar refractivity (Wildman–Crippen MR) is 46.0 cm³/mol. The maximum atomic E-state index is 10.3. The Hall–Kier alpha value is -1.47. The molecular formula is C7H12N4O3. The van der Waals surface area contributed by atoms with Gasteiger partial charge in [-0.05, 0) is 0 Å². The van der Waals surface area contributed by atoms with Crippen molar-refractivity contribution in [2.75, 3.05) is 13.2 Å². The highest BCUT2D eigenvalue weighted by atomic mass is 16.5. The number of aromatic nitrogens is 3. The smallest absolute Gasteiger partial charge is 0.243 e.